The van der Waals surface area contributed by atoms with Crippen molar-refractivity contribution in [1.29, 1.82) is 0 Å². The van der Waals surface area contributed by atoms with Crippen molar-refractivity contribution in [1.82, 2.24) is 4.90 Å². The van der Waals surface area contributed by atoms with Gasteiger partial charge in [-0.1, -0.05) is 45.0 Å². The lowest BCUT2D eigenvalue weighted by atomic mass is 9.83. The van der Waals surface area contributed by atoms with Crippen molar-refractivity contribution >= 4 is 17.6 Å². The zero-order valence-corrected chi connectivity index (χ0v) is 29.8. The first-order chi connectivity index (χ1) is 22.2. The number of anilines is 1. The average molecular weight is 643 g/mol. The van der Waals surface area contributed by atoms with Gasteiger partial charge >= 0.3 is 11.9 Å². The van der Waals surface area contributed by atoms with Crippen molar-refractivity contribution in [2.45, 2.75) is 72.6 Å². The zero-order valence-electron chi connectivity index (χ0n) is 29.8. The van der Waals surface area contributed by atoms with Crippen molar-refractivity contribution < 1.29 is 23.8 Å². The fourth-order valence-electron chi connectivity index (χ4n) is 5.68. The van der Waals surface area contributed by atoms with Gasteiger partial charge in [-0.3, -0.25) is 4.79 Å². The molecule has 254 valence electrons. The van der Waals surface area contributed by atoms with Gasteiger partial charge in [0.1, 0.15) is 19.0 Å². The molecule has 0 aliphatic carbocycles. The fraction of sp³-hybridized carbons (Fsp3) is 0.500. The van der Waals surface area contributed by atoms with Gasteiger partial charge in [0.2, 0.25) is 0 Å². The highest BCUT2D eigenvalue weighted by atomic mass is 16.6. The maximum Gasteiger partial charge on any atom is 0.338 e. The summed E-state index contributed by atoms with van der Waals surface area (Å²) in [6.07, 6.45) is 4.27. The molecular formula is C40H54N2O5. The smallest absolute Gasteiger partial charge is 0.338 e. The summed E-state index contributed by atoms with van der Waals surface area (Å²) < 4.78 is 17.2. The van der Waals surface area contributed by atoms with Crippen molar-refractivity contribution in [3.8, 4) is 28.0 Å². The van der Waals surface area contributed by atoms with E-state index in [4.69, 9.17) is 14.2 Å². The molecule has 0 spiro atoms. The number of hydrogen-bond acceptors (Lipinski definition) is 7. The Labute approximate surface area is 282 Å². The van der Waals surface area contributed by atoms with Crippen molar-refractivity contribution in [2.75, 3.05) is 58.5 Å². The Morgan fingerprint density at radius 1 is 0.745 bits per heavy atom. The van der Waals surface area contributed by atoms with Crippen LogP contribution in [0.3, 0.4) is 0 Å². The Balaban J connectivity index is 1.60. The normalized spacial score (nSPS) is 13.6. The molecule has 0 amide bonds. The minimum absolute atomic E-state index is 0.0511. The molecule has 1 aliphatic rings. The van der Waals surface area contributed by atoms with Crippen LogP contribution in [-0.4, -0.2) is 70.4 Å². The van der Waals surface area contributed by atoms with Gasteiger partial charge in [-0.15, -0.1) is 0 Å². The summed E-state index contributed by atoms with van der Waals surface area (Å²) in [5.74, 6) is 0.176. The molecule has 0 bridgehead atoms. The number of carbonyl (C=O) groups is 2. The summed E-state index contributed by atoms with van der Waals surface area (Å²) in [7, 11) is 4.08. The number of hydrogen-bond donors (Lipinski definition) is 0. The topological polar surface area (TPSA) is 68.3 Å². The first-order valence-electron chi connectivity index (χ1n) is 17.0. The standard InChI is InChI=1S/C40H54N2O5/c1-39(2,3)34-28-32(17-19-35(34)42-22-9-10-23-42)33-27-31(18-20-36(33)45-25-26-47-38(44)40(4,5)6)29-13-15-30(16-14-29)37(43)46-24-12-11-21-41(7)8/h13-20,27-28H,9-12,21-26H2,1-8H3. The number of ether oxygens (including phenoxy) is 3. The summed E-state index contributed by atoms with van der Waals surface area (Å²) in [6.45, 7) is 16.3. The average Bonchev–Trinajstić information content (AvgIpc) is 3.57. The van der Waals surface area contributed by atoms with Gasteiger partial charge in [0.25, 0.3) is 0 Å². The lowest BCUT2D eigenvalue weighted by Crippen LogP contribution is -2.25. The van der Waals surface area contributed by atoms with E-state index in [9.17, 15) is 9.59 Å². The van der Waals surface area contributed by atoms with E-state index in [1.807, 2.05) is 71.3 Å². The van der Waals surface area contributed by atoms with Gasteiger partial charge in [0.15, 0.2) is 0 Å². The molecule has 0 unspecified atom stereocenters. The number of carbonyl (C=O) groups excluding carboxylic acids is 2. The third-order valence-electron chi connectivity index (χ3n) is 8.42. The minimum Gasteiger partial charge on any atom is -0.489 e. The summed E-state index contributed by atoms with van der Waals surface area (Å²) in [5.41, 5.74) is 6.55. The number of unbranched alkanes of at least 4 members (excludes halogenated alkanes) is 1. The lowest BCUT2D eigenvalue weighted by molar-refractivity contribution is -0.153. The molecule has 47 heavy (non-hydrogen) atoms. The van der Waals surface area contributed by atoms with Crippen LogP contribution in [0, 0.1) is 5.41 Å². The zero-order chi connectivity index (χ0) is 34.2. The van der Waals surface area contributed by atoms with E-state index in [-0.39, 0.29) is 30.6 Å². The van der Waals surface area contributed by atoms with Crippen LogP contribution < -0.4 is 9.64 Å². The van der Waals surface area contributed by atoms with E-state index < -0.39 is 5.41 Å². The van der Waals surface area contributed by atoms with Crippen LogP contribution in [0.25, 0.3) is 22.3 Å². The molecule has 0 N–H and O–H groups in total. The Morgan fingerprint density at radius 3 is 2.04 bits per heavy atom. The van der Waals surface area contributed by atoms with E-state index in [0.29, 0.717) is 12.2 Å². The third-order valence-corrected chi connectivity index (χ3v) is 8.42. The van der Waals surface area contributed by atoms with Crippen molar-refractivity contribution in [2.24, 2.45) is 5.41 Å². The SMILES string of the molecule is CN(C)CCCCOC(=O)c1ccc(-c2ccc(OCCOC(=O)C(C)(C)C)c(-c3ccc(N4CCCC4)c(C(C)(C)C)c3)c2)cc1. The molecule has 3 aromatic carbocycles. The van der Waals surface area contributed by atoms with Gasteiger partial charge in [-0.2, -0.15) is 0 Å². The molecule has 1 saturated heterocycles. The van der Waals surface area contributed by atoms with Gasteiger partial charge in [-0.05, 0) is 131 Å². The van der Waals surface area contributed by atoms with Crippen LogP contribution in [0.15, 0.2) is 60.7 Å². The largest absolute Gasteiger partial charge is 0.489 e. The maximum absolute atomic E-state index is 12.6. The predicted octanol–water partition coefficient (Wildman–Crippen LogP) is 8.39. The van der Waals surface area contributed by atoms with Crippen LogP contribution in [0.5, 0.6) is 5.75 Å². The second kappa shape index (κ2) is 15.8. The number of nitrogens with zero attached hydrogens (tertiary/aromatic N) is 2. The number of esters is 2. The second-order valence-corrected chi connectivity index (χ2v) is 14.8. The van der Waals surface area contributed by atoms with Crippen LogP contribution in [0.4, 0.5) is 5.69 Å². The Morgan fingerprint density at radius 2 is 1.40 bits per heavy atom. The van der Waals surface area contributed by atoms with E-state index in [1.54, 1.807) is 0 Å². The molecule has 0 aromatic heterocycles. The molecule has 3 aromatic rings. The van der Waals surface area contributed by atoms with Gasteiger partial charge in [0, 0.05) is 24.3 Å². The van der Waals surface area contributed by atoms with E-state index in [2.05, 4.69) is 54.8 Å². The van der Waals surface area contributed by atoms with Crippen LogP contribution in [0.1, 0.15) is 83.1 Å². The molecule has 0 atom stereocenters. The summed E-state index contributed by atoms with van der Waals surface area (Å²) in [5, 5.41) is 0. The molecule has 1 fully saturated rings. The van der Waals surface area contributed by atoms with E-state index in [0.717, 1.165) is 60.5 Å². The van der Waals surface area contributed by atoms with Crippen LogP contribution >= 0.6 is 0 Å². The summed E-state index contributed by atoms with van der Waals surface area (Å²) >= 11 is 0. The highest BCUT2D eigenvalue weighted by Gasteiger charge is 2.25. The van der Waals surface area contributed by atoms with Crippen LogP contribution in [-0.2, 0) is 19.7 Å². The van der Waals surface area contributed by atoms with Crippen molar-refractivity contribution in [3.63, 3.8) is 0 Å². The van der Waals surface area contributed by atoms with Gasteiger partial charge < -0.3 is 24.0 Å². The third kappa shape index (κ3) is 10.1. The maximum atomic E-state index is 12.6. The highest BCUT2D eigenvalue weighted by molar-refractivity contribution is 5.90. The first-order valence-corrected chi connectivity index (χ1v) is 17.0. The predicted molar refractivity (Wildman–Crippen MR) is 191 cm³/mol. The highest BCUT2D eigenvalue weighted by Crippen LogP contribution is 2.40. The van der Waals surface area contributed by atoms with E-state index >= 15 is 0 Å². The summed E-state index contributed by atoms with van der Waals surface area (Å²) in [4.78, 5) is 29.6. The molecule has 0 radical (unpaired) electrons. The van der Waals surface area contributed by atoms with Crippen LogP contribution in [0.2, 0.25) is 0 Å². The fourth-order valence-corrected chi connectivity index (χ4v) is 5.68. The molecule has 0 saturated carbocycles. The molecule has 1 aliphatic heterocycles. The monoisotopic (exact) mass is 642 g/mol. The molecular weight excluding hydrogens is 588 g/mol. The summed E-state index contributed by atoms with van der Waals surface area (Å²) in [6, 6.07) is 20.5. The molecule has 7 heteroatoms. The Hall–Kier alpha value is -3.84. The van der Waals surface area contributed by atoms with Gasteiger partial charge in [-0.25, -0.2) is 4.79 Å². The van der Waals surface area contributed by atoms with Gasteiger partial charge in [0.05, 0.1) is 17.6 Å². The lowest BCUT2D eigenvalue weighted by Gasteiger charge is -2.29. The minimum atomic E-state index is -0.564. The van der Waals surface area contributed by atoms with E-state index in [1.165, 1.54) is 24.1 Å². The number of rotatable bonds is 13. The molecule has 7 nitrogen and oxygen atoms in total. The number of benzene rings is 3. The Kier molecular flexibility index (Phi) is 12.1. The molecule has 1 heterocycles. The molecule has 4 rings (SSSR count). The first kappa shape index (κ1) is 36.0. The van der Waals surface area contributed by atoms with Crippen molar-refractivity contribution in [3.05, 3.63) is 71.8 Å². The second-order valence-electron chi connectivity index (χ2n) is 14.8. The Bertz CT molecular complexity index is 1490. The quantitative estimate of drug-likeness (QED) is 0.137.